The van der Waals surface area contributed by atoms with E-state index in [1.165, 1.54) is 23.0 Å². The zero-order chi connectivity index (χ0) is 11.4. The summed E-state index contributed by atoms with van der Waals surface area (Å²) in [7, 11) is 2.20. The first-order valence-electron chi connectivity index (χ1n) is 5.67. The van der Waals surface area contributed by atoms with Gasteiger partial charge in [-0.25, -0.2) is 0 Å². The molecule has 0 bridgehead atoms. The molecule has 0 amide bonds. The van der Waals surface area contributed by atoms with Crippen molar-refractivity contribution in [3.05, 3.63) is 23.7 Å². The number of aryl methyl sites for hydroxylation is 1. The molecule has 0 unspecified atom stereocenters. The molecule has 1 aliphatic heterocycles. The molecule has 4 heteroatoms. The molecule has 1 aliphatic rings. The third kappa shape index (κ3) is 3.47. The number of hydrogen-bond donors (Lipinski definition) is 0. The number of rotatable bonds is 3. The van der Waals surface area contributed by atoms with Gasteiger partial charge >= 0.3 is 0 Å². The molecule has 0 N–H and O–H groups in total. The highest BCUT2D eigenvalue weighted by Crippen LogP contribution is 2.21. The molecule has 0 aromatic carbocycles. The van der Waals surface area contributed by atoms with Gasteiger partial charge in [0.05, 0.1) is 6.54 Å². The van der Waals surface area contributed by atoms with E-state index < -0.39 is 0 Å². The van der Waals surface area contributed by atoms with Crippen molar-refractivity contribution in [3.63, 3.8) is 0 Å². The van der Waals surface area contributed by atoms with Gasteiger partial charge in [-0.2, -0.15) is 23.5 Å². The Bertz CT molecular complexity index is 319. The second kappa shape index (κ2) is 6.03. The van der Waals surface area contributed by atoms with Crippen molar-refractivity contribution in [1.29, 1.82) is 0 Å². The van der Waals surface area contributed by atoms with E-state index in [1.807, 2.05) is 13.0 Å². The highest BCUT2D eigenvalue weighted by molar-refractivity contribution is 8.03. The Balaban J connectivity index is 1.88. The summed E-state index contributed by atoms with van der Waals surface area (Å²) in [5, 5.41) is 0. The van der Waals surface area contributed by atoms with E-state index in [0.717, 1.165) is 18.1 Å². The van der Waals surface area contributed by atoms with Crippen LogP contribution in [0.5, 0.6) is 0 Å². The number of thioether (sulfide) groups is 2. The average molecular weight is 257 g/mol. The lowest BCUT2D eigenvalue weighted by molar-refractivity contribution is 0.249. The maximum atomic E-state index is 5.62. The van der Waals surface area contributed by atoms with Crippen molar-refractivity contribution in [2.75, 3.05) is 30.1 Å². The van der Waals surface area contributed by atoms with Gasteiger partial charge in [-0.15, -0.1) is 0 Å². The fourth-order valence-corrected chi connectivity index (χ4v) is 4.52. The van der Waals surface area contributed by atoms with Crippen LogP contribution in [0.4, 0.5) is 0 Å². The van der Waals surface area contributed by atoms with Crippen LogP contribution in [0.1, 0.15) is 11.5 Å². The van der Waals surface area contributed by atoms with E-state index in [9.17, 15) is 0 Å². The molecule has 90 valence electrons. The number of nitrogens with zero attached hydrogens (tertiary/aromatic N) is 1. The normalized spacial score (nSPS) is 18.9. The van der Waals surface area contributed by atoms with E-state index in [0.29, 0.717) is 6.04 Å². The minimum Gasteiger partial charge on any atom is -0.465 e. The standard InChI is InChI=1S/C12H19NOS2/c1-10-3-4-12(14-10)7-13(2)11-8-15-5-6-16-9-11/h3-4,11H,5-9H2,1-2H3. The molecule has 0 atom stereocenters. The SMILES string of the molecule is Cc1ccc(CN(C)C2CSCCSC2)o1. The summed E-state index contributed by atoms with van der Waals surface area (Å²) in [6, 6.07) is 4.81. The summed E-state index contributed by atoms with van der Waals surface area (Å²) in [6.45, 7) is 2.93. The smallest absolute Gasteiger partial charge is 0.118 e. The molecule has 1 aromatic heterocycles. The molecule has 2 nitrogen and oxygen atoms in total. The van der Waals surface area contributed by atoms with E-state index in [2.05, 4.69) is 41.5 Å². The first-order chi connectivity index (χ1) is 7.75. The fourth-order valence-electron chi connectivity index (χ4n) is 1.80. The van der Waals surface area contributed by atoms with Crippen molar-refractivity contribution in [1.82, 2.24) is 4.90 Å². The van der Waals surface area contributed by atoms with Gasteiger partial charge in [0.25, 0.3) is 0 Å². The van der Waals surface area contributed by atoms with Gasteiger partial charge in [-0.05, 0) is 26.1 Å². The van der Waals surface area contributed by atoms with E-state index in [1.54, 1.807) is 0 Å². The molecular formula is C12H19NOS2. The molecule has 0 aliphatic carbocycles. The molecule has 16 heavy (non-hydrogen) atoms. The Morgan fingerprint density at radius 3 is 2.56 bits per heavy atom. The van der Waals surface area contributed by atoms with Crippen molar-refractivity contribution in [3.8, 4) is 0 Å². The van der Waals surface area contributed by atoms with Crippen LogP contribution in [0.15, 0.2) is 16.5 Å². The van der Waals surface area contributed by atoms with Gasteiger partial charge in [0, 0.05) is 29.1 Å². The van der Waals surface area contributed by atoms with Crippen LogP contribution in [0, 0.1) is 6.92 Å². The Labute approximate surface area is 106 Å². The van der Waals surface area contributed by atoms with Gasteiger partial charge in [0.2, 0.25) is 0 Å². The maximum absolute atomic E-state index is 5.62. The van der Waals surface area contributed by atoms with Crippen LogP contribution in [-0.4, -0.2) is 41.0 Å². The summed E-state index contributed by atoms with van der Waals surface area (Å²) < 4.78 is 5.62. The predicted molar refractivity (Wildman–Crippen MR) is 73.4 cm³/mol. The Morgan fingerprint density at radius 1 is 1.31 bits per heavy atom. The lowest BCUT2D eigenvalue weighted by atomic mass is 10.3. The topological polar surface area (TPSA) is 16.4 Å². The lowest BCUT2D eigenvalue weighted by Gasteiger charge is -2.25. The first kappa shape index (κ1) is 12.4. The maximum Gasteiger partial charge on any atom is 0.118 e. The molecule has 1 saturated heterocycles. The summed E-state index contributed by atoms with van der Waals surface area (Å²) in [4.78, 5) is 2.42. The van der Waals surface area contributed by atoms with Crippen LogP contribution in [-0.2, 0) is 6.54 Å². The van der Waals surface area contributed by atoms with Crippen LogP contribution < -0.4 is 0 Å². The van der Waals surface area contributed by atoms with Gasteiger partial charge < -0.3 is 4.42 Å². The Kier molecular flexibility index (Phi) is 4.67. The van der Waals surface area contributed by atoms with Gasteiger partial charge in [-0.1, -0.05) is 0 Å². The Hall–Kier alpha value is -0.0600. The van der Waals surface area contributed by atoms with Gasteiger partial charge in [0.15, 0.2) is 0 Å². The zero-order valence-electron chi connectivity index (χ0n) is 9.94. The quantitative estimate of drug-likeness (QED) is 0.827. The highest BCUT2D eigenvalue weighted by Gasteiger charge is 2.18. The molecule has 2 heterocycles. The summed E-state index contributed by atoms with van der Waals surface area (Å²) in [6.07, 6.45) is 0. The minimum absolute atomic E-state index is 0.683. The first-order valence-corrected chi connectivity index (χ1v) is 7.97. The third-order valence-electron chi connectivity index (χ3n) is 2.82. The average Bonchev–Trinajstić information content (AvgIpc) is 2.56. The molecular weight excluding hydrogens is 238 g/mol. The predicted octanol–water partition coefficient (Wildman–Crippen LogP) is 2.87. The van der Waals surface area contributed by atoms with Crippen LogP contribution in [0.25, 0.3) is 0 Å². The van der Waals surface area contributed by atoms with Gasteiger partial charge in [-0.3, -0.25) is 4.90 Å². The largest absolute Gasteiger partial charge is 0.465 e. The third-order valence-corrected chi connectivity index (χ3v) is 5.30. The second-order valence-electron chi connectivity index (χ2n) is 4.23. The second-order valence-corrected chi connectivity index (χ2v) is 6.53. The molecule has 2 rings (SSSR count). The highest BCUT2D eigenvalue weighted by atomic mass is 32.2. The molecule has 1 aromatic rings. The molecule has 0 spiro atoms. The lowest BCUT2D eigenvalue weighted by Crippen LogP contribution is -2.34. The van der Waals surface area contributed by atoms with Crippen molar-refractivity contribution in [2.24, 2.45) is 0 Å². The minimum atomic E-state index is 0.683. The molecule has 0 radical (unpaired) electrons. The van der Waals surface area contributed by atoms with Gasteiger partial charge in [0.1, 0.15) is 11.5 Å². The summed E-state index contributed by atoms with van der Waals surface area (Å²) >= 11 is 4.15. The van der Waals surface area contributed by atoms with E-state index in [-0.39, 0.29) is 0 Å². The van der Waals surface area contributed by atoms with Crippen LogP contribution in [0.3, 0.4) is 0 Å². The summed E-state index contributed by atoms with van der Waals surface area (Å²) in [5.41, 5.74) is 0. The fraction of sp³-hybridized carbons (Fsp3) is 0.667. The van der Waals surface area contributed by atoms with Crippen molar-refractivity contribution >= 4 is 23.5 Å². The molecule has 0 saturated carbocycles. The number of hydrogen-bond acceptors (Lipinski definition) is 4. The Morgan fingerprint density at radius 2 is 2.00 bits per heavy atom. The van der Waals surface area contributed by atoms with Crippen LogP contribution in [0.2, 0.25) is 0 Å². The summed E-state index contributed by atoms with van der Waals surface area (Å²) in [5.74, 6) is 7.20. The monoisotopic (exact) mass is 257 g/mol. The molecule has 1 fully saturated rings. The van der Waals surface area contributed by atoms with Crippen LogP contribution >= 0.6 is 23.5 Å². The van der Waals surface area contributed by atoms with Crippen molar-refractivity contribution < 1.29 is 4.42 Å². The zero-order valence-corrected chi connectivity index (χ0v) is 11.6. The van der Waals surface area contributed by atoms with Crippen molar-refractivity contribution in [2.45, 2.75) is 19.5 Å². The van der Waals surface area contributed by atoms with E-state index in [4.69, 9.17) is 4.42 Å². The van der Waals surface area contributed by atoms with E-state index >= 15 is 0 Å². The number of furan rings is 1.